The van der Waals surface area contributed by atoms with Crippen LogP contribution >= 0.6 is 0 Å². The van der Waals surface area contributed by atoms with Gasteiger partial charge in [0.15, 0.2) is 11.5 Å². The molecule has 0 aromatic carbocycles. The Morgan fingerprint density at radius 3 is 2.62 bits per heavy atom. The average molecular weight is 321 g/mol. The summed E-state index contributed by atoms with van der Waals surface area (Å²) in [7, 11) is 1.94. The van der Waals surface area contributed by atoms with E-state index in [9.17, 15) is 0 Å². The van der Waals surface area contributed by atoms with Crippen LogP contribution in [0.2, 0.25) is 0 Å². The van der Waals surface area contributed by atoms with Crippen molar-refractivity contribution >= 4 is 22.9 Å². The average Bonchev–Trinajstić information content (AvgIpc) is 3.03. The molecule has 3 aromatic heterocycles. The van der Waals surface area contributed by atoms with Gasteiger partial charge in [0, 0.05) is 39.4 Å². The van der Waals surface area contributed by atoms with Crippen molar-refractivity contribution < 1.29 is 0 Å². The summed E-state index contributed by atoms with van der Waals surface area (Å²) in [6.07, 6.45) is 4.92. The molecule has 0 aliphatic carbocycles. The predicted octanol–water partition coefficient (Wildman–Crippen LogP) is 0.352. The molecule has 3 aromatic rings. The SMILES string of the molecule is Cn1cnc2ncnc(N3CCN(c4nccc(C#N)n4)CC3)c21. The number of hydrogen-bond donors (Lipinski definition) is 0. The zero-order valence-corrected chi connectivity index (χ0v) is 13.2. The normalized spacial score (nSPS) is 14.8. The molecule has 24 heavy (non-hydrogen) atoms. The second-order valence-corrected chi connectivity index (χ2v) is 5.55. The number of rotatable bonds is 2. The topological polar surface area (TPSA) is 99.7 Å². The minimum Gasteiger partial charge on any atom is -0.351 e. The van der Waals surface area contributed by atoms with Crippen molar-refractivity contribution in [3.8, 4) is 6.07 Å². The molecule has 4 rings (SSSR count). The molecule has 120 valence electrons. The minimum atomic E-state index is 0.384. The second kappa shape index (κ2) is 5.73. The Balaban J connectivity index is 1.55. The van der Waals surface area contributed by atoms with E-state index in [0.717, 1.165) is 37.5 Å². The van der Waals surface area contributed by atoms with Gasteiger partial charge >= 0.3 is 0 Å². The first-order valence-electron chi connectivity index (χ1n) is 7.61. The number of imidazole rings is 1. The van der Waals surface area contributed by atoms with Crippen LogP contribution < -0.4 is 9.80 Å². The van der Waals surface area contributed by atoms with Crippen molar-refractivity contribution in [3.63, 3.8) is 0 Å². The van der Waals surface area contributed by atoms with Gasteiger partial charge < -0.3 is 14.4 Å². The van der Waals surface area contributed by atoms with Crippen molar-refractivity contribution in [2.45, 2.75) is 0 Å². The Kier molecular flexibility index (Phi) is 3.42. The zero-order valence-electron chi connectivity index (χ0n) is 13.2. The number of nitriles is 1. The lowest BCUT2D eigenvalue weighted by molar-refractivity contribution is 0.634. The summed E-state index contributed by atoms with van der Waals surface area (Å²) < 4.78 is 1.94. The highest BCUT2D eigenvalue weighted by molar-refractivity contribution is 5.83. The first kappa shape index (κ1) is 14.3. The summed E-state index contributed by atoms with van der Waals surface area (Å²) in [5.74, 6) is 1.49. The van der Waals surface area contributed by atoms with Crippen LogP contribution in [0.3, 0.4) is 0 Å². The number of anilines is 2. The van der Waals surface area contributed by atoms with E-state index < -0.39 is 0 Å². The fourth-order valence-corrected chi connectivity index (χ4v) is 2.88. The first-order valence-corrected chi connectivity index (χ1v) is 7.61. The predicted molar refractivity (Wildman–Crippen MR) is 87.5 cm³/mol. The summed E-state index contributed by atoms with van der Waals surface area (Å²) >= 11 is 0. The lowest BCUT2D eigenvalue weighted by Crippen LogP contribution is -2.47. The Morgan fingerprint density at radius 1 is 1.04 bits per heavy atom. The molecule has 1 aliphatic heterocycles. The first-order chi connectivity index (χ1) is 11.8. The van der Waals surface area contributed by atoms with Crippen LogP contribution in [0.1, 0.15) is 5.69 Å². The Labute approximate surface area is 138 Å². The number of piperazine rings is 1. The molecule has 0 saturated carbocycles. The van der Waals surface area contributed by atoms with Crippen molar-refractivity contribution in [1.29, 1.82) is 5.26 Å². The highest BCUT2D eigenvalue weighted by Gasteiger charge is 2.22. The van der Waals surface area contributed by atoms with E-state index in [1.165, 1.54) is 0 Å². The van der Waals surface area contributed by atoms with Gasteiger partial charge in [0.05, 0.1) is 6.33 Å². The largest absolute Gasteiger partial charge is 0.351 e. The molecule has 0 N–H and O–H groups in total. The van der Waals surface area contributed by atoms with E-state index in [4.69, 9.17) is 5.26 Å². The zero-order chi connectivity index (χ0) is 16.5. The van der Waals surface area contributed by atoms with Gasteiger partial charge in [0.25, 0.3) is 0 Å². The maximum absolute atomic E-state index is 8.97. The molecule has 0 atom stereocenters. The van der Waals surface area contributed by atoms with Crippen LogP contribution in [0.25, 0.3) is 11.2 Å². The van der Waals surface area contributed by atoms with Gasteiger partial charge in [-0.1, -0.05) is 0 Å². The monoisotopic (exact) mass is 321 g/mol. The number of aromatic nitrogens is 6. The van der Waals surface area contributed by atoms with Gasteiger partial charge in [-0.3, -0.25) is 0 Å². The summed E-state index contributed by atoms with van der Waals surface area (Å²) in [6, 6.07) is 3.66. The molecule has 4 heterocycles. The van der Waals surface area contributed by atoms with Gasteiger partial charge in [-0.15, -0.1) is 0 Å². The van der Waals surface area contributed by atoms with Gasteiger partial charge in [-0.2, -0.15) is 5.26 Å². The molecule has 0 amide bonds. The number of nitrogens with zero attached hydrogens (tertiary/aromatic N) is 9. The molecule has 0 bridgehead atoms. The van der Waals surface area contributed by atoms with Crippen LogP contribution in [-0.2, 0) is 7.05 Å². The molecular weight excluding hydrogens is 306 g/mol. The highest BCUT2D eigenvalue weighted by Crippen LogP contribution is 2.23. The third-order valence-electron chi connectivity index (χ3n) is 4.11. The molecular formula is C15H15N9. The summed E-state index contributed by atoms with van der Waals surface area (Å²) in [6.45, 7) is 3.10. The van der Waals surface area contributed by atoms with Crippen molar-refractivity contribution in [2.75, 3.05) is 36.0 Å². The van der Waals surface area contributed by atoms with Crippen molar-refractivity contribution in [2.24, 2.45) is 7.05 Å². The molecule has 1 fully saturated rings. The van der Waals surface area contributed by atoms with Crippen molar-refractivity contribution in [1.82, 2.24) is 29.5 Å². The number of hydrogen-bond acceptors (Lipinski definition) is 8. The molecule has 9 nitrogen and oxygen atoms in total. The molecule has 1 aliphatic rings. The van der Waals surface area contributed by atoms with E-state index in [2.05, 4.69) is 34.7 Å². The highest BCUT2D eigenvalue weighted by atomic mass is 15.3. The molecule has 0 spiro atoms. The van der Waals surface area contributed by atoms with Crippen LogP contribution in [0.4, 0.5) is 11.8 Å². The lowest BCUT2D eigenvalue weighted by Gasteiger charge is -2.35. The summed E-state index contributed by atoms with van der Waals surface area (Å²) in [5, 5.41) is 8.97. The molecule has 1 saturated heterocycles. The van der Waals surface area contributed by atoms with E-state index in [1.807, 2.05) is 17.7 Å². The molecule has 0 unspecified atom stereocenters. The number of fused-ring (bicyclic) bond motifs is 1. The third kappa shape index (κ3) is 2.38. The summed E-state index contributed by atoms with van der Waals surface area (Å²) in [4.78, 5) is 25.8. The fourth-order valence-electron chi connectivity index (χ4n) is 2.88. The quantitative estimate of drug-likeness (QED) is 0.666. The van der Waals surface area contributed by atoms with Gasteiger partial charge in [-0.05, 0) is 6.07 Å². The van der Waals surface area contributed by atoms with Gasteiger partial charge in [0.2, 0.25) is 5.95 Å². The van der Waals surface area contributed by atoms with Crippen molar-refractivity contribution in [3.05, 3.63) is 30.6 Å². The van der Waals surface area contributed by atoms with Crippen LogP contribution in [0, 0.1) is 11.3 Å². The van der Waals surface area contributed by atoms with Gasteiger partial charge in [-0.25, -0.2) is 24.9 Å². The minimum absolute atomic E-state index is 0.384. The third-order valence-corrected chi connectivity index (χ3v) is 4.11. The van der Waals surface area contributed by atoms with E-state index in [1.54, 1.807) is 24.9 Å². The van der Waals surface area contributed by atoms with E-state index in [-0.39, 0.29) is 0 Å². The Hall–Kier alpha value is -3.28. The maximum atomic E-state index is 8.97. The second-order valence-electron chi connectivity index (χ2n) is 5.55. The van der Waals surface area contributed by atoms with Gasteiger partial charge in [0.1, 0.15) is 23.6 Å². The van der Waals surface area contributed by atoms with Crippen LogP contribution in [-0.4, -0.2) is 55.7 Å². The standard InChI is InChI=1S/C15H15N9/c1-22-10-20-13-12(22)14(19-9-18-13)23-4-6-24(7-5-23)15-17-3-2-11(8-16)21-15/h2-3,9-10H,4-7H2,1H3. The van der Waals surface area contributed by atoms with Crippen LogP contribution in [0.5, 0.6) is 0 Å². The van der Waals surface area contributed by atoms with Crippen LogP contribution in [0.15, 0.2) is 24.9 Å². The fraction of sp³-hybridized carbons (Fsp3) is 0.333. The lowest BCUT2D eigenvalue weighted by atomic mass is 10.3. The van der Waals surface area contributed by atoms with E-state index >= 15 is 0 Å². The Bertz CT molecular complexity index is 918. The number of aryl methyl sites for hydroxylation is 1. The Morgan fingerprint density at radius 2 is 1.83 bits per heavy atom. The smallest absolute Gasteiger partial charge is 0.226 e. The maximum Gasteiger partial charge on any atom is 0.226 e. The molecule has 0 radical (unpaired) electrons. The van der Waals surface area contributed by atoms with E-state index in [0.29, 0.717) is 17.3 Å². The summed E-state index contributed by atoms with van der Waals surface area (Å²) in [5.41, 5.74) is 2.03. The molecule has 9 heteroatoms.